The average Bonchev–Trinajstić information content (AvgIpc) is 2.76. The van der Waals surface area contributed by atoms with Crippen molar-refractivity contribution >= 4 is 23.3 Å². The molecule has 0 fully saturated rings. The standard InChI is InChI=1S/C16H16N2OS/c1-11-7-8-13-14(9-11)18(16(20)17-13)10-12-5-3-4-6-15(12)19-2/h3-9H,10H2,1-2H3,(H,17,20). The minimum Gasteiger partial charge on any atom is -0.496 e. The van der Waals surface area contributed by atoms with E-state index >= 15 is 0 Å². The molecule has 0 atom stereocenters. The third kappa shape index (κ3) is 2.23. The van der Waals surface area contributed by atoms with E-state index in [-0.39, 0.29) is 0 Å². The summed E-state index contributed by atoms with van der Waals surface area (Å²) in [5, 5.41) is 0. The molecule has 20 heavy (non-hydrogen) atoms. The number of aryl methyl sites for hydroxylation is 1. The highest BCUT2D eigenvalue weighted by Crippen LogP contribution is 2.22. The Labute approximate surface area is 122 Å². The van der Waals surface area contributed by atoms with Gasteiger partial charge in [0.15, 0.2) is 4.77 Å². The van der Waals surface area contributed by atoms with Gasteiger partial charge in [-0.15, -0.1) is 0 Å². The van der Waals surface area contributed by atoms with Crippen LogP contribution >= 0.6 is 12.2 Å². The predicted molar refractivity (Wildman–Crippen MR) is 84.0 cm³/mol. The Morgan fingerprint density at radius 1 is 1.20 bits per heavy atom. The zero-order valence-corrected chi connectivity index (χ0v) is 12.3. The summed E-state index contributed by atoms with van der Waals surface area (Å²) >= 11 is 5.44. The summed E-state index contributed by atoms with van der Waals surface area (Å²) in [6, 6.07) is 14.3. The number of ether oxygens (including phenoxy) is 1. The number of hydrogen-bond acceptors (Lipinski definition) is 2. The Hall–Kier alpha value is -2.07. The van der Waals surface area contributed by atoms with Gasteiger partial charge in [-0.1, -0.05) is 24.3 Å². The second-order valence-electron chi connectivity index (χ2n) is 4.85. The number of para-hydroxylation sites is 1. The maximum Gasteiger partial charge on any atom is 0.178 e. The van der Waals surface area contributed by atoms with E-state index in [1.807, 2.05) is 18.2 Å². The van der Waals surface area contributed by atoms with Crippen LogP contribution in [0.4, 0.5) is 0 Å². The molecule has 0 aliphatic rings. The monoisotopic (exact) mass is 284 g/mol. The van der Waals surface area contributed by atoms with Crippen molar-refractivity contribution in [2.24, 2.45) is 0 Å². The van der Waals surface area contributed by atoms with Gasteiger partial charge >= 0.3 is 0 Å². The van der Waals surface area contributed by atoms with E-state index in [0.717, 1.165) is 27.1 Å². The molecule has 0 aliphatic heterocycles. The first-order chi connectivity index (χ1) is 9.69. The van der Waals surface area contributed by atoms with Crippen molar-refractivity contribution in [3.05, 3.63) is 58.4 Å². The molecule has 0 unspecified atom stereocenters. The summed E-state index contributed by atoms with van der Waals surface area (Å²) < 4.78 is 8.25. The first kappa shape index (κ1) is 12.9. The van der Waals surface area contributed by atoms with Crippen molar-refractivity contribution in [3.63, 3.8) is 0 Å². The van der Waals surface area contributed by atoms with Gasteiger partial charge in [0, 0.05) is 5.56 Å². The van der Waals surface area contributed by atoms with Crippen LogP contribution in [0, 0.1) is 11.7 Å². The van der Waals surface area contributed by atoms with E-state index in [1.165, 1.54) is 5.56 Å². The normalized spacial score (nSPS) is 10.9. The van der Waals surface area contributed by atoms with E-state index in [1.54, 1.807) is 7.11 Å². The molecule has 0 aliphatic carbocycles. The number of benzene rings is 2. The molecule has 3 aromatic rings. The van der Waals surface area contributed by atoms with Crippen LogP contribution in [0.3, 0.4) is 0 Å². The number of fused-ring (bicyclic) bond motifs is 1. The quantitative estimate of drug-likeness (QED) is 0.735. The Morgan fingerprint density at radius 3 is 2.80 bits per heavy atom. The number of H-pyrrole nitrogens is 1. The lowest BCUT2D eigenvalue weighted by molar-refractivity contribution is 0.408. The molecule has 0 amide bonds. The lowest BCUT2D eigenvalue weighted by Crippen LogP contribution is -2.01. The molecule has 0 radical (unpaired) electrons. The third-order valence-electron chi connectivity index (χ3n) is 3.45. The molecular formula is C16H16N2OS. The lowest BCUT2D eigenvalue weighted by Gasteiger charge is -2.10. The van der Waals surface area contributed by atoms with Gasteiger partial charge in [-0.05, 0) is 42.9 Å². The Bertz CT molecular complexity index is 817. The molecule has 3 rings (SSSR count). The second-order valence-corrected chi connectivity index (χ2v) is 5.24. The number of aromatic amines is 1. The molecule has 0 saturated heterocycles. The molecule has 1 aromatic heterocycles. The maximum absolute atomic E-state index is 5.44. The van der Waals surface area contributed by atoms with Gasteiger partial charge in [0.2, 0.25) is 0 Å². The summed E-state index contributed by atoms with van der Waals surface area (Å²) in [4.78, 5) is 3.25. The van der Waals surface area contributed by atoms with Gasteiger partial charge in [-0.25, -0.2) is 0 Å². The van der Waals surface area contributed by atoms with E-state index in [0.29, 0.717) is 6.54 Å². The first-order valence-corrected chi connectivity index (χ1v) is 6.91. The van der Waals surface area contributed by atoms with Gasteiger partial charge in [0.25, 0.3) is 0 Å². The number of rotatable bonds is 3. The summed E-state index contributed by atoms with van der Waals surface area (Å²) in [7, 11) is 1.69. The SMILES string of the molecule is COc1ccccc1Cn1c(=S)[nH]c2ccc(C)cc21. The van der Waals surface area contributed by atoms with Crippen LogP contribution in [-0.2, 0) is 6.54 Å². The van der Waals surface area contributed by atoms with Crippen molar-refractivity contribution < 1.29 is 4.74 Å². The molecule has 102 valence electrons. The number of nitrogens with zero attached hydrogens (tertiary/aromatic N) is 1. The van der Waals surface area contributed by atoms with Crippen LogP contribution in [0.15, 0.2) is 42.5 Å². The van der Waals surface area contributed by atoms with Gasteiger partial charge in [-0.2, -0.15) is 0 Å². The molecule has 0 spiro atoms. The number of nitrogens with one attached hydrogen (secondary N) is 1. The van der Waals surface area contributed by atoms with Gasteiger partial charge < -0.3 is 14.3 Å². The largest absolute Gasteiger partial charge is 0.496 e. The molecule has 3 nitrogen and oxygen atoms in total. The maximum atomic E-state index is 5.44. The molecular weight excluding hydrogens is 268 g/mol. The Morgan fingerprint density at radius 2 is 2.00 bits per heavy atom. The highest BCUT2D eigenvalue weighted by Gasteiger charge is 2.08. The molecule has 1 heterocycles. The molecule has 2 aromatic carbocycles. The van der Waals surface area contributed by atoms with Crippen molar-refractivity contribution in [3.8, 4) is 5.75 Å². The predicted octanol–water partition coefficient (Wildman–Crippen LogP) is 4.06. The summed E-state index contributed by atoms with van der Waals surface area (Å²) in [5.41, 5.74) is 4.53. The van der Waals surface area contributed by atoms with Crippen LogP contribution in [-0.4, -0.2) is 16.7 Å². The van der Waals surface area contributed by atoms with E-state index in [9.17, 15) is 0 Å². The van der Waals surface area contributed by atoms with Crippen molar-refractivity contribution in [1.82, 2.24) is 9.55 Å². The minimum atomic E-state index is 0.701. The Kier molecular flexibility index (Phi) is 3.32. The number of hydrogen-bond donors (Lipinski definition) is 1. The molecule has 4 heteroatoms. The van der Waals surface area contributed by atoms with Gasteiger partial charge in [-0.3, -0.25) is 0 Å². The lowest BCUT2D eigenvalue weighted by atomic mass is 10.2. The van der Waals surface area contributed by atoms with Crippen LogP contribution in [0.1, 0.15) is 11.1 Å². The first-order valence-electron chi connectivity index (χ1n) is 6.50. The number of imidazole rings is 1. The fraction of sp³-hybridized carbons (Fsp3) is 0.188. The van der Waals surface area contributed by atoms with Crippen LogP contribution in [0.2, 0.25) is 0 Å². The molecule has 0 bridgehead atoms. The summed E-state index contributed by atoms with van der Waals surface area (Å²) in [6.07, 6.45) is 0. The highest BCUT2D eigenvalue weighted by molar-refractivity contribution is 7.71. The number of methoxy groups -OCH3 is 1. The fourth-order valence-corrected chi connectivity index (χ4v) is 2.70. The summed E-state index contributed by atoms with van der Waals surface area (Å²) in [6.45, 7) is 2.79. The second kappa shape index (κ2) is 5.13. The topological polar surface area (TPSA) is 29.9 Å². The van der Waals surface area contributed by atoms with Gasteiger partial charge in [0.1, 0.15) is 5.75 Å². The van der Waals surface area contributed by atoms with Crippen molar-refractivity contribution in [1.29, 1.82) is 0 Å². The number of aromatic nitrogens is 2. The highest BCUT2D eigenvalue weighted by atomic mass is 32.1. The van der Waals surface area contributed by atoms with E-state index in [4.69, 9.17) is 17.0 Å². The van der Waals surface area contributed by atoms with Gasteiger partial charge in [0.05, 0.1) is 24.7 Å². The summed E-state index contributed by atoms with van der Waals surface area (Å²) in [5.74, 6) is 0.886. The van der Waals surface area contributed by atoms with Crippen LogP contribution < -0.4 is 4.74 Å². The molecule has 1 N–H and O–H groups in total. The zero-order valence-electron chi connectivity index (χ0n) is 11.5. The van der Waals surface area contributed by atoms with Crippen molar-refractivity contribution in [2.75, 3.05) is 7.11 Å². The Balaban J connectivity index is 2.13. The average molecular weight is 284 g/mol. The van der Waals surface area contributed by atoms with Crippen LogP contribution in [0.5, 0.6) is 5.75 Å². The molecule has 0 saturated carbocycles. The van der Waals surface area contributed by atoms with Crippen LogP contribution in [0.25, 0.3) is 11.0 Å². The fourth-order valence-electron chi connectivity index (χ4n) is 2.42. The van der Waals surface area contributed by atoms with E-state index < -0.39 is 0 Å². The van der Waals surface area contributed by atoms with Crippen molar-refractivity contribution in [2.45, 2.75) is 13.5 Å². The minimum absolute atomic E-state index is 0.701. The third-order valence-corrected chi connectivity index (χ3v) is 3.77. The zero-order chi connectivity index (χ0) is 14.1. The smallest absolute Gasteiger partial charge is 0.178 e. The van der Waals surface area contributed by atoms with E-state index in [2.05, 4.69) is 40.7 Å².